The van der Waals surface area contributed by atoms with Gasteiger partial charge in [-0.15, -0.1) is 0 Å². The van der Waals surface area contributed by atoms with E-state index in [1.54, 1.807) is 17.5 Å². The molecule has 0 aliphatic carbocycles. The Morgan fingerprint density at radius 3 is 2.95 bits per heavy atom. The van der Waals surface area contributed by atoms with E-state index in [1.165, 1.54) is 10.5 Å². The van der Waals surface area contributed by atoms with Crippen LogP contribution in [0.25, 0.3) is 20.9 Å². The lowest BCUT2D eigenvalue weighted by Gasteiger charge is -2.13. The van der Waals surface area contributed by atoms with Crippen molar-refractivity contribution in [2.45, 2.75) is 26.3 Å². The molecule has 21 heavy (non-hydrogen) atoms. The van der Waals surface area contributed by atoms with E-state index in [0.29, 0.717) is 5.92 Å². The van der Waals surface area contributed by atoms with E-state index >= 15 is 0 Å². The molecule has 0 fully saturated rings. The van der Waals surface area contributed by atoms with Crippen molar-refractivity contribution >= 4 is 33.4 Å². The minimum atomic E-state index is 0.559. The third kappa shape index (κ3) is 2.72. The highest BCUT2D eigenvalue weighted by Gasteiger charge is 2.17. The Balaban J connectivity index is 2.06. The molecule has 0 saturated carbocycles. The first-order valence-electron chi connectivity index (χ1n) is 7.13. The lowest BCUT2D eigenvalue weighted by molar-refractivity contribution is 0.699. The van der Waals surface area contributed by atoms with Gasteiger partial charge in [-0.05, 0) is 31.4 Å². The molecule has 0 N–H and O–H groups in total. The van der Waals surface area contributed by atoms with Crippen LogP contribution in [-0.4, -0.2) is 26.5 Å². The fourth-order valence-electron chi connectivity index (χ4n) is 2.63. The van der Waals surface area contributed by atoms with Crippen LogP contribution in [0, 0.1) is 0 Å². The molecule has 3 heterocycles. The molecule has 5 heteroatoms. The van der Waals surface area contributed by atoms with E-state index < -0.39 is 0 Å². The topological polar surface area (TPSA) is 30.7 Å². The van der Waals surface area contributed by atoms with Gasteiger partial charge in [0.1, 0.15) is 15.4 Å². The van der Waals surface area contributed by atoms with Crippen LogP contribution in [0.3, 0.4) is 0 Å². The van der Waals surface area contributed by atoms with Crippen molar-refractivity contribution in [3.05, 3.63) is 36.3 Å². The Morgan fingerprint density at radius 1 is 1.43 bits per heavy atom. The highest BCUT2D eigenvalue weighted by molar-refractivity contribution is 7.98. The molecule has 0 aliphatic heterocycles. The van der Waals surface area contributed by atoms with Gasteiger partial charge in [0, 0.05) is 41.9 Å². The Hall–Kier alpha value is -1.33. The third-order valence-electron chi connectivity index (χ3n) is 3.62. The zero-order valence-electron chi connectivity index (χ0n) is 12.5. The maximum Gasteiger partial charge on any atom is 0.127 e. The zero-order valence-corrected chi connectivity index (χ0v) is 14.2. The molecule has 1 atom stereocenters. The fourth-order valence-corrected chi connectivity index (χ4v) is 4.42. The van der Waals surface area contributed by atoms with E-state index in [0.717, 1.165) is 28.4 Å². The van der Waals surface area contributed by atoms with Crippen molar-refractivity contribution in [1.82, 2.24) is 14.5 Å². The molecule has 0 aliphatic rings. The van der Waals surface area contributed by atoms with E-state index in [4.69, 9.17) is 4.98 Å². The Labute approximate surface area is 133 Å². The van der Waals surface area contributed by atoms with Crippen molar-refractivity contribution in [2.24, 2.45) is 0 Å². The van der Waals surface area contributed by atoms with Crippen molar-refractivity contribution in [3.63, 3.8) is 0 Å². The molecule has 110 valence electrons. The minimum Gasteiger partial charge on any atom is -0.335 e. The maximum atomic E-state index is 4.81. The number of hydrogen-bond acceptors (Lipinski definition) is 4. The highest BCUT2D eigenvalue weighted by atomic mass is 32.2. The lowest BCUT2D eigenvalue weighted by atomic mass is 10.1. The normalized spacial score (nSPS) is 12.9. The zero-order chi connectivity index (χ0) is 14.8. The average Bonchev–Trinajstić information content (AvgIpc) is 3.05. The van der Waals surface area contributed by atoms with Gasteiger partial charge in [0.05, 0.1) is 0 Å². The lowest BCUT2D eigenvalue weighted by Crippen LogP contribution is -2.05. The summed E-state index contributed by atoms with van der Waals surface area (Å²) in [4.78, 5) is 10.3. The SMILES string of the molecule is CCn1c(C(C)CSC)cc2nc(-c3cccnc3)sc21. The van der Waals surface area contributed by atoms with Gasteiger partial charge in [-0.1, -0.05) is 18.3 Å². The fraction of sp³-hybridized carbons (Fsp3) is 0.375. The molecular weight excluding hydrogens is 298 g/mol. The van der Waals surface area contributed by atoms with Gasteiger partial charge in [-0.25, -0.2) is 4.98 Å². The molecule has 1 unspecified atom stereocenters. The van der Waals surface area contributed by atoms with Crippen LogP contribution in [0.15, 0.2) is 30.6 Å². The molecule has 3 rings (SSSR count). The number of nitrogens with zero attached hydrogens (tertiary/aromatic N) is 3. The number of rotatable bonds is 5. The summed E-state index contributed by atoms with van der Waals surface area (Å²) < 4.78 is 2.41. The monoisotopic (exact) mass is 317 g/mol. The number of hydrogen-bond donors (Lipinski definition) is 0. The van der Waals surface area contributed by atoms with Crippen LogP contribution >= 0.6 is 23.1 Å². The van der Waals surface area contributed by atoms with Gasteiger partial charge < -0.3 is 4.57 Å². The summed E-state index contributed by atoms with van der Waals surface area (Å²) in [5.41, 5.74) is 3.61. The molecule has 0 radical (unpaired) electrons. The standard InChI is InChI=1S/C16H19N3S2/c1-4-19-14(11(2)10-20-3)8-13-16(19)21-15(18-13)12-6-5-7-17-9-12/h5-9,11H,4,10H2,1-3H3. The first-order valence-corrected chi connectivity index (χ1v) is 9.35. The van der Waals surface area contributed by atoms with E-state index in [2.05, 4.69) is 41.8 Å². The van der Waals surface area contributed by atoms with Gasteiger partial charge in [-0.2, -0.15) is 11.8 Å². The van der Waals surface area contributed by atoms with Gasteiger partial charge in [0.2, 0.25) is 0 Å². The first-order chi connectivity index (χ1) is 10.2. The van der Waals surface area contributed by atoms with Crippen LogP contribution in [0.2, 0.25) is 0 Å². The summed E-state index contributed by atoms with van der Waals surface area (Å²) in [6.07, 6.45) is 5.84. The largest absolute Gasteiger partial charge is 0.335 e. The van der Waals surface area contributed by atoms with Gasteiger partial charge in [0.25, 0.3) is 0 Å². The quantitative estimate of drug-likeness (QED) is 0.686. The van der Waals surface area contributed by atoms with E-state index in [-0.39, 0.29) is 0 Å². The number of thiazole rings is 1. The van der Waals surface area contributed by atoms with Gasteiger partial charge in [-0.3, -0.25) is 4.98 Å². The van der Waals surface area contributed by atoms with Crippen LogP contribution in [-0.2, 0) is 6.54 Å². The van der Waals surface area contributed by atoms with Crippen molar-refractivity contribution in [3.8, 4) is 10.6 Å². The Kier molecular flexibility index (Phi) is 4.31. The van der Waals surface area contributed by atoms with Gasteiger partial charge in [0.15, 0.2) is 0 Å². The Bertz CT molecular complexity index is 731. The molecule has 0 spiro atoms. The predicted molar refractivity (Wildman–Crippen MR) is 93.3 cm³/mol. The number of thioether (sulfide) groups is 1. The number of fused-ring (bicyclic) bond motifs is 1. The summed E-state index contributed by atoms with van der Waals surface area (Å²) >= 11 is 3.66. The average molecular weight is 317 g/mol. The number of pyridine rings is 1. The predicted octanol–water partition coefficient (Wildman–Crippen LogP) is 4.65. The van der Waals surface area contributed by atoms with Crippen LogP contribution in [0.4, 0.5) is 0 Å². The number of aromatic nitrogens is 3. The summed E-state index contributed by atoms with van der Waals surface area (Å²) in [7, 11) is 0. The number of aryl methyl sites for hydroxylation is 1. The summed E-state index contributed by atoms with van der Waals surface area (Å²) in [6.45, 7) is 5.49. The maximum absolute atomic E-state index is 4.81. The molecular formula is C16H19N3S2. The van der Waals surface area contributed by atoms with Crippen LogP contribution in [0.1, 0.15) is 25.5 Å². The van der Waals surface area contributed by atoms with E-state index in [9.17, 15) is 0 Å². The second-order valence-electron chi connectivity index (χ2n) is 5.12. The molecule has 3 aromatic rings. The first kappa shape index (κ1) is 14.6. The molecule has 0 saturated heterocycles. The molecule has 3 nitrogen and oxygen atoms in total. The minimum absolute atomic E-state index is 0.559. The second kappa shape index (κ2) is 6.20. The van der Waals surface area contributed by atoms with E-state index in [1.807, 2.05) is 24.0 Å². The van der Waals surface area contributed by atoms with Crippen molar-refractivity contribution in [1.29, 1.82) is 0 Å². The highest BCUT2D eigenvalue weighted by Crippen LogP contribution is 2.34. The van der Waals surface area contributed by atoms with Crippen molar-refractivity contribution in [2.75, 3.05) is 12.0 Å². The summed E-state index contributed by atoms with van der Waals surface area (Å²) in [6, 6.07) is 6.29. The molecule has 3 aromatic heterocycles. The molecule has 0 aromatic carbocycles. The summed E-state index contributed by atoms with van der Waals surface area (Å²) in [5.74, 6) is 1.70. The smallest absolute Gasteiger partial charge is 0.127 e. The van der Waals surface area contributed by atoms with Crippen molar-refractivity contribution < 1.29 is 0 Å². The third-order valence-corrected chi connectivity index (χ3v) is 5.60. The van der Waals surface area contributed by atoms with Crippen LogP contribution < -0.4 is 0 Å². The summed E-state index contributed by atoms with van der Waals surface area (Å²) in [5, 5.41) is 1.05. The Morgan fingerprint density at radius 2 is 2.29 bits per heavy atom. The van der Waals surface area contributed by atoms with Gasteiger partial charge >= 0.3 is 0 Å². The van der Waals surface area contributed by atoms with Crippen LogP contribution in [0.5, 0.6) is 0 Å². The second-order valence-corrected chi connectivity index (χ2v) is 7.01. The molecule has 0 amide bonds. The molecule has 0 bridgehead atoms.